The van der Waals surface area contributed by atoms with Gasteiger partial charge in [0.2, 0.25) is 5.91 Å². The van der Waals surface area contributed by atoms with Crippen molar-refractivity contribution >= 4 is 17.5 Å². The van der Waals surface area contributed by atoms with Gasteiger partial charge in [0, 0.05) is 18.3 Å². The number of benzene rings is 1. The maximum atomic E-state index is 13.0. The maximum Gasteiger partial charge on any atom is 0.255 e. The summed E-state index contributed by atoms with van der Waals surface area (Å²) < 4.78 is 1.72. The third kappa shape index (κ3) is 4.74. The van der Waals surface area contributed by atoms with E-state index in [0.29, 0.717) is 17.8 Å². The molecule has 30 heavy (non-hydrogen) atoms. The van der Waals surface area contributed by atoms with E-state index in [0.717, 1.165) is 16.9 Å². The number of carbonyl (C=O) groups is 2. The smallest absolute Gasteiger partial charge is 0.255 e. The second-order valence-electron chi connectivity index (χ2n) is 7.42. The highest BCUT2D eigenvalue weighted by Crippen LogP contribution is 2.23. The number of nitrogens with one attached hydrogen (secondary N) is 2. The predicted molar refractivity (Wildman–Crippen MR) is 117 cm³/mol. The van der Waals surface area contributed by atoms with Crippen LogP contribution >= 0.6 is 0 Å². The molecule has 1 atom stereocenters. The number of aromatic nitrogens is 3. The van der Waals surface area contributed by atoms with E-state index in [1.807, 2.05) is 70.2 Å². The fraction of sp³-hybridized carbons (Fsp3) is 0.304. The highest BCUT2D eigenvalue weighted by molar-refractivity contribution is 5.95. The van der Waals surface area contributed by atoms with Crippen molar-refractivity contribution in [2.24, 2.45) is 0 Å². The lowest BCUT2D eigenvalue weighted by molar-refractivity contribution is -0.115. The Kier molecular flexibility index (Phi) is 6.61. The minimum absolute atomic E-state index is 0.0322. The topological polar surface area (TPSA) is 88.9 Å². The molecule has 1 unspecified atom stereocenters. The van der Waals surface area contributed by atoms with E-state index in [2.05, 4.69) is 20.7 Å². The van der Waals surface area contributed by atoms with Gasteiger partial charge in [0.1, 0.15) is 0 Å². The van der Waals surface area contributed by atoms with E-state index in [1.54, 1.807) is 17.1 Å². The Balaban J connectivity index is 1.77. The summed E-state index contributed by atoms with van der Waals surface area (Å²) in [7, 11) is 0. The van der Waals surface area contributed by atoms with Gasteiger partial charge in [-0.05, 0) is 42.7 Å². The number of carbonyl (C=O) groups excluding carboxylic acids is 2. The Morgan fingerprint density at radius 2 is 1.80 bits per heavy atom. The molecule has 0 radical (unpaired) electrons. The van der Waals surface area contributed by atoms with Gasteiger partial charge in [-0.3, -0.25) is 9.59 Å². The number of rotatable bonds is 7. The van der Waals surface area contributed by atoms with Crippen LogP contribution in [-0.2, 0) is 4.79 Å². The number of amides is 2. The number of pyridine rings is 1. The van der Waals surface area contributed by atoms with Crippen molar-refractivity contribution in [1.29, 1.82) is 0 Å². The van der Waals surface area contributed by atoms with E-state index in [1.165, 1.54) is 0 Å². The zero-order chi connectivity index (χ0) is 21.7. The Hall–Kier alpha value is -3.48. The van der Waals surface area contributed by atoms with Crippen molar-refractivity contribution in [1.82, 2.24) is 20.1 Å². The minimum atomic E-state index is -0.202. The third-order valence-corrected chi connectivity index (χ3v) is 4.83. The Bertz CT molecular complexity index is 1010. The zero-order valence-electron chi connectivity index (χ0n) is 17.7. The monoisotopic (exact) mass is 405 g/mol. The Morgan fingerprint density at radius 3 is 2.40 bits per heavy atom. The lowest BCUT2D eigenvalue weighted by Gasteiger charge is -2.16. The van der Waals surface area contributed by atoms with Crippen molar-refractivity contribution in [3.8, 4) is 5.82 Å². The van der Waals surface area contributed by atoms with Gasteiger partial charge in [-0.2, -0.15) is 5.10 Å². The highest BCUT2D eigenvalue weighted by Gasteiger charge is 2.22. The van der Waals surface area contributed by atoms with E-state index >= 15 is 0 Å². The third-order valence-electron chi connectivity index (χ3n) is 4.83. The molecule has 156 valence electrons. The summed E-state index contributed by atoms with van der Waals surface area (Å²) in [6.45, 7) is 7.79. The summed E-state index contributed by atoms with van der Waals surface area (Å²) in [5, 5.41) is 10.3. The fourth-order valence-corrected chi connectivity index (χ4v) is 3.21. The molecule has 2 N–H and O–H groups in total. The average molecular weight is 406 g/mol. The SMILES string of the molecule is CCC(=O)Nc1ccc(C(C)NC(=O)c2cnn(-c3ccccn3)c2C(C)C)cc1. The maximum absolute atomic E-state index is 13.0. The summed E-state index contributed by atoms with van der Waals surface area (Å²) >= 11 is 0. The first-order valence-corrected chi connectivity index (χ1v) is 10.1. The molecular formula is C23H27N5O2. The first-order chi connectivity index (χ1) is 14.4. The van der Waals surface area contributed by atoms with E-state index in [9.17, 15) is 9.59 Å². The summed E-state index contributed by atoms with van der Waals surface area (Å²) in [5.74, 6) is 0.553. The second-order valence-corrected chi connectivity index (χ2v) is 7.42. The van der Waals surface area contributed by atoms with Crippen molar-refractivity contribution in [2.75, 3.05) is 5.32 Å². The molecule has 3 rings (SSSR count). The molecule has 0 aliphatic heterocycles. The van der Waals surface area contributed by atoms with Crippen LogP contribution < -0.4 is 10.6 Å². The molecule has 1 aromatic carbocycles. The normalized spacial score (nSPS) is 11.9. The summed E-state index contributed by atoms with van der Waals surface area (Å²) in [6, 6.07) is 12.9. The molecule has 0 saturated carbocycles. The molecule has 0 bridgehead atoms. The molecule has 7 nitrogen and oxygen atoms in total. The van der Waals surface area contributed by atoms with Crippen LogP contribution in [0.15, 0.2) is 54.9 Å². The molecule has 2 aromatic heterocycles. The number of hydrogen-bond acceptors (Lipinski definition) is 4. The van der Waals surface area contributed by atoms with Gasteiger partial charge in [-0.25, -0.2) is 9.67 Å². The summed E-state index contributed by atoms with van der Waals surface area (Å²) in [6.07, 6.45) is 3.73. The standard InChI is InChI=1S/C23H27N5O2/c1-5-21(29)27-18-11-9-17(10-12-18)16(4)26-23(30)19-14-25-28(22(19)15(2)3)20-8-6-7-13-24-20/h6-16H,5H2,1-4H3,(H,26,30)(H,27,29). The average Bonchev–Trinajstić information content (AvgIpc) is 3.20. The largest absolute Gasteiger partial charge is 0.345 e. The minimum Gasteiger partial charge on any atom is -0.345 e. The van der Waals surface area contributed by atoms with E-state index < -0.39 is 0 Å². The molecule has 0 spiro atoms. The van der Waals surface area contributed by atoms with Crippen LogP contribution in [0.2, 0.25) is 0 Å². The first-order valence-electron chi connectivity index (χ1n) is 10.1. The number of anilines is 1. The molecule has 0 fully saturated rings. The van der Waals surface area contributed by atoms with E-state index in [4.69, 9.17) is 0 Å². The Labute approximate surface area is 176 Å². The zero-order valence-corrected chi connectivity index (χ0v) is 17.7. The molecule has 0 aliphatic rings. The number of nitrogens with zero attached hydrogens (tertiary/aromatic N) is 3. The molecule has 0 saturated heterocycles. The molecular weight excluding hydrogens is 378 g/mol. The van der Waals surface area contributed by atoms with Gasteiger partial charge in [0.25, 0.3) is 5.91 Å². The van der Waals surface area contributed by atoms with Gasteiger partial charge < -0.3 is 10.6 Å². The predicted octanol–water partition coefficient (Wildman–Crippen LogP) is 4.23. The lowest BCUT2D eigenvalue weighted by Crippen LogP contribution is -2.27. The first kappa shape index (κ1) is 21.2. The van der Waals surface area contributed by atoms with Crippen molar-refractivity contribution < 1.29 is 9.59 Å². The fourth-order valence-electron chi connectivity index (χ4n) is 3.21. The van der Waals surface area contributed by atoms with E-state index in [-0.39, 0.29) is 23.8 Å². The molecule has 0 aliphatic carbocycles. The Morgan fingerprint density at radius 1 is 1.07 bits per heavy atom. The molecule has 3 aromatic rings. The second kappa shape index (κ2) is 9.35. The van der Waals surface area contributed by atoms with Gasteiger partial charge >= 0.3 is 0 Å². The van der Waals surface area contributed by atoms with Gasteiger partial charge in [-0.1, -0.05) is 39.0 Å². The quantitative estimate of drug-likeness (QED) is 0.616. The summed E-state index contributed by atoms with van der Waals surface area (Å²) in [4.78, 5) is 28.9. The highest BCUT2D eigenvalue weighted by atomic mass is 16.2. The molecule has 2 amide bonds. The van der Waals surface area contributed by atoms with Crippen LogP contribution in [0.3, 0.4) is 0 Å². The van der Waals surface area contributed by atoms with Crippen LogP contribution in [0.25, 0.3) is 5.82 Å². The van der Waals surface area contributed by atoms with Crippen LogP contribution in [-0.4, -0.2) is 26.6 Å². The molecule has 7 heteroatoms. The van der Waals surface area contributed by atoms with Crippen LogP contribution in [0.4, 0.5) is 5.69 Å². The summed E-state index contributed by atoms with van der Waals surface area (Å²) in [5.41, 5.74) is 3.04. The lowest BCUT2D eigenvalue weighted by atomic mass is 10.0. The van der Waals surface area contributed by atoms with Gasteiger partial charge in [0.05, 0.1) is 23.5 Å². The van der Waals surface area contributed by atoms with Crippen LogP contribution in [0.1, 0.15) is 67.7 Å². The van der Waals surface area contributed by atoms with Crippen molar-refractivity contribution in [2.45, 2.75) is 46.1 Å². The van der Waals surface area contributed by atoms with Gasteiger partial charge in [0.15, 0.2) is 5.82 Å². The van der Waals surface area contributed by atoms with Crippen LogP contribution in [0.5, 0.6) is 0 Å². The van der Waals surface area contributed by atoms with Crippen LogP contribution in [0, 0.1) is 0 Å². The van der Waals surface area contributed by atoms with Gasteiger partial charge in [-0.15, -0.1) is 0 Å². The van der Waals surface area contributed by atoms with Crippen molar-refractivity contribution in [3.63, 3.8) is 0 Å². The number of hydrogen-bond donors (Lipinski definition) is 2. The van der Waals surface area contributed by atoms with Crippen molar-refractivity contribution in [3.05, 3.63) is 71.7 Å². The molecule has 2 heterocycles.